The summed E-state index contributed by atoms with van der Waals surface area (Å²) < 4.78 is 10.8. The molecule has 34 heavy (non-hydrogen) atoms. The molecule has 0 radical (unpaired) electrons. The number of benzene rings is 2. The molecule has 4 rings (SSSR count). The summed E-state index contributed by atoms with van der Waals surface area (Å²) in [5.41, 5.74) is 1.05. The van der Waals surface area contributed by atoms with Gasteiger partial charge in [0.1, 0.15) is 23.3 Å². The van der Waals surface area contributed by atoms with E-state index in [2.05, 4.69) is 4.98 Å². The molecular formula is C25H20Cl2N2O5. The Labute approximate surface area is 206 Å². The number of carbonyl (C=O) groups excluding carboxylic acids is 2. The van der Waals surface area contributed by atoms with Crippen LogP contribution in [0.4, 0.5) is 0 Å². The van der Waals surface area contributed by atoms with Crippen molar-refractivity contribution in [3.8, 4) is 11.5 Å². The van der Waals surface area contributed by atoms with E-state index in [0.717, 1.165) is 0 Å². The van der Waals surface area contributed by atoms with Crippen LogP contribution in [0.5, 0.6) is 11.5 Å². The SMILES string of the molecule is COc1ccccc1CN1C(=O)C(=O)/C(=C(/O)c2cc(Cl)cc(Cl)c2OC)C1c1ccccn1. The highest BCUT2D eigenvalue weighted by atomic mass is 35.5. The molecule has 2 heterocycles. The van der Waals surface area contributed by atoms with Gasteiger partial charge in [-0.2, -0.15) is 0 Å². The van der Waals surface area contributed by atoms with Gasteiger partial charge in [-0.25, -0.2) is 0 Å². The number of halogens is 2. The molecule has 2 aromatic carbocycles. The average molecular weight is 499 g/mol. The van der Waals surface area contributed by atoms with E-state index in [-0.39, 0.29) is 33.5 Å². The van der Waals surface area contributed by atoms with Crippen LogP contribution >= 0.6 is 23.2 Å². The largest absolute Gasteiger partial charge is 0.507 e. The number of rotatable bonds is 6. The molecule has 1 unspecified atom stereocenters. The van der Waals surface area contributed by atoms with Crippen LogP contribution in [0.25, 0.3) is 5.76 Å². The zero-order chi connectivity index (χ0) is 24.4. The Morgan fingerprint density at radius 1 is 1.06 bits per heavy atom. The maximum atomic E-state index is 13.3. The summed E-state index contributed by atoms with van der Waals surface area (Å²) in [6, 6.07) is 14.2. The molecule has 0 bridgehead atoms. The number of methoxy groups -OCH3 is 2. The van der Waals surface area contributed by atoms with Gasteiger partial charge in [-0.05, 0) is 30.3 Å². The van der Waals surface area contributed by atoms with E-state index in [0.29, 0.717) is 17.0 Å². The number of amides is 1. The molecule has 1 aliphatic rings. The maximum absolute atomic E-state index is 13.3. The lowest BCUT2D eigenvalue weighted by Crippen LogP contribution is -2.29. The standard InChI is InChI=1S/C25H20Cl2N2O5/c1-33-19-9-4-3-7-14(19)13-29-21(18-8-5-6-10-28-18)20(23(31)25(29)32)22(30)16-11-15(26)12-17(27)24(16)34-2/h3-12,21,30H,13H2,1-2H3/b22-20+. The van der Waals surface area contributed by atoms with Crippen LogP contribution in [-0.2, 0) is 16.1 Å². The van der Waals surface area contributed by atoms with E-state index < -0.39 is 23.5 Å². The van der Waals surface area contributed by atoms with Crippen LogP contribution in [0.3, 0.4) is 0 Å². The predicted octanol–water partition coefficient (Wildman–Crippen LogP) is 5.03. The fraction of sp³-hybridized carbons (Fsp3) is 0.160. The van der Waals surface area contributed by atoms with Gasteiger partial charge in [0, 0.05) is 16.8 Å². The van der Waals surface area contributed by atoms with Gasteiger partial charge in [-0.15, -0.1) is 0 Å². The molecule has 1 aliphatic heterocycles. The van der Waals surface area contributed by atoms with Crippen molar-refractivity contribution in [3.63, 3.8) is 0 Å². The second-order valence-corrected chi connectivity index (χ2v) is 8.31. The van der Waals surface area contributed by atoms with Gasteiger partial charge in [0.05, 0.1) is 42.6 Å². The van der Waals surface area contributed by atoms with E-state index in [4.69, 9.17) is 32.7 Å². The van der Waals surface area contributed by atoms with Gasteiger partial charge in [0.25, 0.3) is 11.7 Å². The third-order valence-electron chi connectivity index (χ3n) is 5.51. The molecule has 1 saturated heterocycles. The number of hydrogen-bond acceptors (Lipinski definition) is 6. The number of Topliss-reactive ketones (excluding diaryl/α,β-unsaturated/α-hetero) is 1. The van der Waals surface area contributed by atoms with Crippen molar-refractivity contribution < 1.29 is 24.2 Å². The van der Waals surface area contributed by atoms with E-state index in [1.165, 1.54) is 31.3 Å². The predicted molar refractivity (Wildman–Crippen MR) is 128 cm³/mol. The Hall–Kier alpha value is -3.55. The van der Waals surface area contributed by atoms with Crippen molar-refractivity contribution in [2.75, 3.05) is 14.2 Å². The monoisotopic (exact) mass is 498 g/mol. The Morgan fingerprint density at radius 2 is 1.79 bits per heavy atom. The van der Waals surface area contributed by atoms with Crippen molar-refractivity contribution in [1.29, 1.82) is 0 Å². The molecule has 1 amide bonds. The van der Waals surface area contributed by atoms with Crippen LogP contribution in [0.15, 0.2) is 66.4 Å². The smallest absolute Gasteiger partial charge is 0.296 e. The average Bonchev–Trinajstić information content (AvgIpc) is 3.09. The van der Waals surface area contributed by atoms with Gasteiger partial charge in [0.15, 0.2) is 0 Å². The molecule has 0 saturated carbocycles. The van der Waals surface area contributed by atoms with Crippen molar-refractivity contribution in [2.45, 2.75) is 12.6 Å². The molecule has 1 aromatic heterocycles. The number of likely N-dealkylation sites (tertiary alicyclic amines) is 1. The van der Waals surface area contributed by atoms with E-state index >= 15 is 0 Å². The molecule has 174 valence electrons. The fourth-order valence-corrected chi connectivity index (χ4v) is 4.56. The first-order chi connectivity index (χ1) is 16.4. The molecule has 1 fully saturated rings. The summed E-state index contributed by atoms with van der Waals surface area (Å²) in [5, 5.41) is 11.7. The van der Waals surface area contributed by atoms with Gasteiger partial charge < -0.3 is 19.5 Å². The number of ketones is 1. The van der Waals surface area contributed by atoms with Crippen LogP contribution in [-0.4, -0.2) is 40.9 Å². The van der Waals surface area contributed by atoms with Crippen molar-refractivity contribution >= 4 is 40.7 Å². The molecular weight excluding hydrogens is 479 g/mol. The Balaban J connectivity index is 1.92. The number of carbonyl (C=O) groups is 2. The third-order valence-corrected chi connectivity index (χ3v) is 6.01. The van der Waals surface area contributed by atoms with Crippen LogP contribution < -0.4 is 9.47 Å². The van der Waals surface area contributed by atoms with Gasteiger partial charge in [-0.1, -0.05) is 47.5 Å². The number of pyridine rings is 1. The minimum atomic E-state index is -0.964. The van der Waals surface area contributed by atoms with Crippen molar-refractivity contribution in [3.05, 3.63) is 93.2 Å². The minimum absolute atomic E-state index is 0.0556. The number of aromatic nitrogens is 1. The topological polar surface area (TPSA) is 89.0 Å². The van der Waals surface area contributed by atoms with E-state index in [1.54, 1.807) is 36.5 Å². The minimum Gasteiger partial charge on any atom is -0.507 e. The van der Waals surface area contributed by atoms with Gasteiger partial charge >= 0.3 is 0 Å². The van der Waals surface area contributed by atoms with E-state index in [9.17, 15) is 14.7 Å². The van der Waals surface area contributed by atoms with Crippen molar-refractivity contribution in [2.24, 2.45) is 0 Å². The summed E-state index contributed by atoms with van der Waals surface area (Å²) >= 11 is 12.4. The summed E-state index contributed by atoms with van der Waals surface area (Å²) in [5.74, 6) is -1.42. The first-order valence-corrected chi connectivity index (χ1v) is 11.0. The highest BCUT2D eigenvalue weighted by Gasteiger charge is 2.47. The van der Waals surface area contributed by atoms with Crippen LogP contribution in [0, 0.1) is 0 Å². The normalized spacial score (nSPS) is 17.2. The lowest BCUT2D eigenvalue weighted by atomic mass is 9.97. The molecule has 0 spiro atoms. The highest BCUT2D eigenvalue weighted by Crippen LogP contribution is 2.43. The zero-order valence-corrected chi connectivity index (χ0v) is 19.8. The molecule has 7 nitrogen and oxygen atoms in total. The maximum Gasteiger partial charge on any atom is 0.296 e. The zero-order valence-electron chi connectivity index (χ0n) is 18.3. The van der Waals surface area contributed by atoms with Crippen LogP contribution in [0.1, 0.15) is 22.9 Å². The number of aliphatic hydroxyl groups is 1. The molecule has 9 heteroatoms. The van der Waals surface area contributed by atoms with Crippen molar-refractivity contribution in [1.82, 2.24) is 9.88 Å². The summed E-state index contributed by atoms with van der Waals surface area (Å²) in [4.78, 5) is 32.2. The second kappa shape index (κ2) is 9.75. The lowest BCUT2D eigenvalue weighted by Gasteiger charge is -2.25. The second-order valence-electron chi connectivity index (χ2n) is 7.46. The summed E-state index contributed by atoms with van der Waals surface area (Å²) in [7, 11) is 2.90. The van der Waals surface area contributed by atoms with Gasteiger partial charge in [0.2, 0.25) is 0 Å². The summed E-state index contributed by atoms with van der Waals surface area (Å²) in [6.07, 6.45) is 1.55. The van der Waals surface area contributed by atoms with Crippen LogP contribution in [0.2, 0.25) is 10.0 Å². The Morgan fingerprint density at radius 3 is 2.47 bits per heavy atom. The Kier molecular flexibility index (Phi) is 6.77. The number of aliphatic hydroxyl groups excluding tert-OH is 1. The fourth-order valence-electron chi connectivity index (χ4n) is 3.99. The first-order valence-electron chi connectivity index (χ1n) is 10.2. The lowest BCUT2D eigenvalue weighted by molar-refractivity contribution is -0.140. The molecule has 1 N–H and O–H groups in total. The molecule has 3 aromatic rings. The Bertz CT molecular complexity index is 1290. The number of hydrogen-bond donors (Lipinski definition) is 1. The summed E-state index contributed by atoms with van der Waals surface area (Å²) in [6.45, 7) is 0.0556. The quantitative estimate of drug-likeness (QED) is 0.291. The van der Waals surface area contributed by atoms with Gasteiger partial charge in [-0.3, -0.25) is 14.6 Å². The number of nitrogens with zero attached hydrogens (tertiary/aromatic N) is 2. The third kappa shape index (κ3) is 4.20. The molecule has 0 aliphatic carbocycles. The molecule has 1 atom stereocenters. The number of ether oxygens (including phenoxy) is 2. The highest BCUT2D eigenvalue weighted by molar-refractivity contribution is 6.46. The first kappa shape index (κ1) is 23.6. The van der Waals surface area contributed by atoms with E-state index in [1.807, 2.05) is 12.1 Å². The number of para-hydroxylation sites is 1.